The van der Waals surface area contributed by atoms with Gasteiger partial charge in [0.1, 0.15) is 11.5 Å². The molecule has 5 nitrogen and oxygen atoms in total. The number of rotatable bonds is 2. The van der Waals surface area contributed by atoms with Gasteiger partial charge >= 0.3 is 0 Å². The molecule has 0 saturated carbocycles. The molecule has 1 heterocycles. The van der Waals surface area contributed by atoms with Crippen molar-refractivity contribution >= 4 is 23.2 Å². The molecular formula is C8H6Cl2FN5. The molecule has 0 amide bonds. The maximum Gasteiger partial charge on any atom is 0.170 e. The van der Waals surface area contributed by atoms with Gasteiger partial charge in [-0.2, -0.15) is 4.68 Å². The quantitative estimate of drug-likeness (QED) is 0.891. The van der Waals surface area contributed by atoms with E-state index in [0.717, 1.165) is 12.1 Å². The van der Waals surface area contributed by atoms with Crippen molar-refractivity contribution in [3.8, 4) is 5.69 Å². The minimum Gasteiger partial charge on any atom is -0.324 e. The third-order valence-corrected chi connectivity index (χ3v) is 2.49. The van der Waals surface area contributed by atoms with E-state index in [2.05, 4.69) is 15.5 Å². The Kier molecular flexibility index (Phi) is 3.04. The van der Waals surface area contributed by atoms with Crippen LogP contribution in [0.3, 0.4) is 0 Å². The van der Waals surface area contributed by atoms with Crippen molar-refractivity contribution in [3.63, 3.8) is 0 Å². The first kappa shape index (κ1) is 11.3. The Morgan fingerprint density at radius 2 is 1.94 bits per heavy atom. The standard InChI is InChI=1S/C8H6Cl2FN5/c9-5-1-4(11)2-6(10)8(5)16-7(3-12)13-14-15-16/h1-2H,3,12H2. The van der Waals surface area contributed by atoms with Crippen LogP contribution in [0.1, 0.15) is 5.82 Å². The molecule has 1 aromatic carbocycles. The van der Waals surface area contributed by atoms with E-state index in [1.807, 2.05) is 0 Å². The number of hydrogen-bond donors (Lipinski definition) is 1. The Bertz CT molecular complexity index is 504. The van der Waals surface area contributed by atoms with Crippen LogP contribution in [-0.4, -0.2) is 20.2 Å². The van der Waals surface area contributed by atoms with Crippen LogP contribution in [0, 0.1) is 5.82 Å². The summed E-state index contributed by atoms with van der Waals surface area (Å²) in [5.74, 6) is -0.142. The number of halogens is 3. The summed E-state index contributed by atoms with van der Waals surface area (Å²) < 4.78 is 14.3. The second-order valence-corrected chi connectivity index (χ2v) is 3.74. The van der Waals surface area contributed by atoms with Crippen LogP contribution in [-0.2, 0) is 6.54 Å². The monoisotopic (exact) mass is 261 g/mol. The van der Waals surface area contributed by atoms with Crippen molar-refractivity contribution in [1.82, 2.24) is 20.2 Å². The zero-order valence-electron chi connectivity index (χ0n) is 7.86. The van der Waals surface area contributed by atoms with E-state index in [1.165, 1.54) is 4.68 Å². The van der Waals surface area contributed by atoms with E-state index in [-0.39, 0.29) is 16.6 Å². The van der Waals surface area contributed by atoms with Crippen molar-refractivity contribution in [2.24, 2.45) is 5.73 Å². The molecule has 1 aromatic heterocycles. The molecule has 8 heteroatoms. The van der Waals surface area contributed by atoms with E-state index in [4.69, 9.17) is 28.9 Å². The van der Waals surface area contributed by atoms with Gasteiger partial charge in [0.05, 0.1) is 16.6 Å². The molecular weight excluding hydrogens is 256 g/mol. The molecule has 16 heavy (non-hydrogen) atoms. The molecule has 0 atom stereocenters. The molecule has 0 aliphatic heterocycles. The first-order valence-electron chi connectivity index (χ1n) is 4.25. The van der Waals surface area contributed by atoms with Gasteiger partial charge in [-0.25, -0.2) is 4.39 Å². The highest BCUT2D eigenvalue weighted by atomic mass is 35.5. The van der Waals surface area contributed by atoms with Crippen molar-refractivity contribution < 1.29 is 4.39 Å². The smallest absolute Gasteiger partial charge is 0.170 e. The molecule has 0 radical (unpaired) electrons. The topological polar surface area (TPSA) is 69.6 Å². The fourth-order valence-electron chi connectivity index (χ4n) is 1.24. The van der Waals surface area contributed by atoms with Crippen molar-refractivity contribution in [2.75, 3.05) is 0 Å². The van der Waals surface area contributed by atoms with Crippen LogP contribution in [0.15, 0.2) is 12.1 Å². The van der Waals surface area contributed by atoms with Crippen LogP contribution < -0.4 is 5.73 Å². The Balaban J connectivity index is 2.64. The average molecular weight is 262 g/mol. The van der Waals surface area contributed by atoms with E-state index in [1.54, 1.807) is 0 Å². The minimum absolute atomic E-state index is 0.118. The van der Waals surface area contributed by atoms with E-state index < -0.39 is 5.82 Å². The lowest BCUT2D eigenvalue weighted by molar-refractivity contribution is 0.626. The van der Waals surface area contributed by atoms with Crippen LogP contribution in [0.2, 0.25) is 10.0 Å². The van der Waals surface area contributed by atoms with Gasteiger partial charge < -0.3 is 5.73 Å². The van der Waals surface area contributed by atoms with E-state index >= 15 is 0 Å². The highest BCUT2D eigenvalue weighted by Gasteiger charge is 2.15. The Hall–Kier alpha value is -1.24. The lowest BCUT2D eigenvalue weighted by Crippen LogP contribution is -2.09. The van der Waals surface area contributed by atoms with Crippen molar-refractivity contribution in [1.29, 1.82) is 0 Å². The number of benzene rings is 1. The SMILES string of the molecule is NCc1nnnn1-c1c(Cl)cc(F)cc1Cl. The molecule has 2 N–H and O–H groups in total. The third-order valence-electron chi connectivity index (χ3n) is 1.91. The van der Waals surface area contributed by atoms with Gasteiger partial charge in [-0.1, -0.05) is 23.2 Å². The summed E-state index contributed by atoms with van der Waals surface area (Å²) in [7, 11) is 0. The van der Waals surface area contributed by atoms with E-state index in [9.17, 15) is 4.39 Å². The second-order valence-electron chi connectivity index (χ2n) is 2.93. The Labute approximate surface area is 99.9 Å². The Morgan fingerprint density at radius 1 is 1.31 bits per heavy atom. The molecule has 0 fully saturated rings. The van der Waals surface area contributed by atoms with Gasteiger partial charge in [-0.15, -0.1) is 5.10 Å². The average Bonchev–Trinajstić information content (AvgIpc) is 2.64. The molecule has 0 aliphatic rings. The first-order chi connectivity index (χ1) is 7.63. The second kappa shape index (κ2) is 4.32. The predicted molar refractivity (Wildman–Crippen MR) is 57.0 cm³/mol. The minimum atomic E-state index is -0.527. The molecule has 0 unspecified atom stereocenters. The zero-order chi connectivity index (χ0) is 11.7. The fraction of sp³-hybridized carbons (Fsp3) is 0.125. The van der Waals surface area contributed by atoms with Gasteiger partial charge in [0.2, 0.25) is 0 Å². The molecule has 0 aliphatic carbocycles. The number of nitrogens with zero attached hydrogens (tertiary/aromatic N) is 4. The van der Waals surface area contributed by atoms with Crippen molar-refractivity contribution in [3.05, 3.63) is 33.8 Å². The number of nitrogens with two attached hydrogens (primary N) is 1. The maximum absolute atomic E-state index is 13.0. The zero-order valence-corrected chi connectivity index (χ0v) is 9.37. The summed E-state index contributed by atoms with van der Waals surface area (Å²) in [6, 6.07) is 2.26. The van der Waals surface area contributed by atoms with Gasteiger partial charge in [0.25, 0.3) is 0 Å². The Morgan fingerprint density at radius 3 is 2.50 bits per heavy atom. The van der Waals surface area contributed by atoms with Crippen molar-refractivity contribution in [2.45, 2.75) is 6.54 Å². The summed E-state index contributed by atoms with van der Waals surface area (Å²) in [4.78, 5) is 0. The van der Waals surface area contributed by atoms with Gasteiger partial charge in [0.15, 0.2) is 5.82 Å². The summed E-state index contributed by atoms with van der Waals surface area (Å²) in [6.07, 6.45) is 0. The molecule has 2 aromatic rings. The van der Waals surface area contributed by atoms with Crippen LogP contribution in [0.25, 0.3) is 5.69 Å². The van der Waals surface area contributed by atoms with Crippen LogP contribution >= 0.6 is 23.2 Å². The lowest BCUT2D eigenvalue weighted by Gasteiger charge is -2.07. The summed E-state index contributed by atoms with van der Waals surface area (Å²) in [6.45, 7) is 0.122. The van der Waals surface area contributed by atoms with Crippen LogP contribution in [0.4, 0.5) is 4.39 Å². The normalized spacial score (nSPS) is 10.8. The third kappa shape index (κ3) is 1.87. The molecule has 84 valence electrons. The maximum atomic E-state index is 13.0. The summed E-state index contributed by atoms with van der Waals surface area (Å²) in [5.41, 5.74) is 5.75. The largest absolute Gasteiger partial charge is 0.324 e. The molecule has 2 rings (SSSR count). The van der Waals surface area contributed by atoms with Gasteiger partial charge in [0, 0.05) is 0 Å². The van der Waals surface area contributed by atoms with E-state index in [0.29, 0.717) is 11.5 Å². The highest BCUT2D eigenvalue weighted by Crippen LogP contribution is 2.29. The number of hydrogen-bond acceptors (Lipinski definition) is 4. The molecule has 0 bridgehead atoms. The lowest BCUT2D eigenvalue weighted by atomic mass is 10.3. The van der Waals surface area contributed by atoms with Gasteiger partial charge in [-0.05, 0) is 22.6 Å². The fourth-order valence-corrected chi connectivity index (χ4v) is 1.86. The highest BCUT2D eigenvalue weighted by molar-refractivity contribution is 6.37. The summed E-state index contributed by atoms with van der Waals surface area (Å²) >= 11 is 11.7. The van der Waals surface area contributed by atoms with Gasteiger partial charge in [-0.3, -0.25) is 0 Å². The number of tetrazole rings is 1. The van der Waals surface area contributed by atoms with Crippen LogP contribution in [0.5, 0.6) is 0 Å². The number of aromatic nitrogens is 4. The molecule has 0 saturated heterocycles. The predicted octanol–water partition coefficient (Wildman–Crippen LogP) is 1.57. The molecule has 0 spiro atoms. The summed E-state index contributed by atoms with van der Waals surface area (Å²) in [5, 5.41) is 11.1. The first-order valence-corrected chi connectivity index (χ1v) is 5.01.